The molecular formula is C5H11BO2. The van der Waals surface area contributed by atoms with E-state index in [0.717, 1.165) is 5.47 Å². The maximum absolute atomic E-state index is 4.84. The van der Waals surface area contributed by atoms with Crippen LogP contribution < -0.4 is 0 Å². The van der Waals surface area contributed by atoms with Gasteiger partial charge in [-0.1, -0.05) is 5.47 Å². The summed E-state index contributed by atoms with van der Waals surface area (Å²) in [5.41, 5.74) is 0.884. The van der Waals surface area contributed by atoms with Crippen LogP contribution in [0.2, 0.25) is 0 Å². The Morgan fingerprint density at radius 3 is 1.75 bits per heavy atom. The van der Waals surface area contributed by atoms with Crippen molar-refractivity contribution in [1.82, 2.24) is 0 Å². The Bertz CT molecular complexity index is 78.5. The van der Waals surface area contributed by atoms with E-state index in [-0.39, 0.29) is 7.12 Å². The second kappa shape index (κ2) is 3.69. The van der Waals surface area contributed by atoms with E-state index in [1.165, 1.54) is 0 Å². The molecule has 0 unspecified atom stereocenters. The molecule has 8 heavy (non-hydrogen) atoms. The van der Waals surface area contributed by atoms with Crippen LogP contribution in [-0.2, 0) is 9.31 Å². The first-order chi connectivity index (χ1) is 3.72. The molecule has 3 heteroatoms. The molecule has 0 aliphatic heterocycles. The molecule has 0 spiro atoms. The molecule has 46 valence electrons. The maximum Gasteiger partial charge on any atom is 0.488 e. The lowest BCUT2D eigenvalue weighted by molar-refractivity contribution is 0.287. The molecule has 0 aromatic carbocycles. The van der Waals surface area contributed by atoms with Crippen molar-refractivity contribution >= 4 is 7.12 Å². The Labute approximate surface area is 50.6 Å². The van der Waals surface area contributed by atoms with E-state index in [9.17, 15) is 0 Å². The summed E-state index contributed by atoms with van der Waals surface area (Å²) in [4.78, 5) is 0. The van der Waals surface area contributed by atoms with E-state index in [4.69, 9.17) is 9.31 Å². The minimum Gasteiger partial charge on any atom is -0.410 e. The lowest BCUT2D eigenvalue weighted by atomic mass is 9.81. The molecule has 2 nitrogen and oxygen atoms in total. The van der Waals surface area contributed by atoms with Crippen molar-refractivity contribution in [2.45, 2.75) is 6.92 Å². The molecule has 0 aliphatic rings. The van der Waals surface area contributed by atoms with E-state index in [1.54, 1.807) is 14.2 Å². The van der Waals surface area contributed by atoms with Crippen LogP contribution in [0.15, 0.2) is 12.1 Å². The third-order valence-electron chi connectivity index (χ3n) is 0.831. The SMILES string of the molecule is C=C(C)B(OC)OC. The fourth-order valence-electron chi connectivity index (χ4n) is 0.499. The van der Waals surface area contributed by atoms with E-state index in [1.807, 2.05) is 6.92 Å². The molecule has 0 bridgehead atoms. The van der Waals surface area contributed by atoms with E-state index >= 15 is 0 Å². The molecule has 0 aromatic rings. The molecule has 0 aromatic heterocycles. The van der Waals surface area contributed by atoms with E-state index in [2.05, 4.69) is 6.58 Å². The highest BCUT2D eigenvalue weighted by Crippen LogP contribution is 1.95. The maximum atomic E-state index is 4.84. The minimum absolute atomic E-state index is 0.241. The summed E-state index contributed by atoms with van der Waals surface area (Å²) in [7, 11) is 2.93. The molecule has 0 fully saturated rings. The minimum atomic E-state index is -0.241. The van der Waals surface area contributed by atoms with Gasteiger partial charge in [-0.2, -0.15) is 0 Å². The molecule has 0 radical (unpaired) electrons. The summed E-state index contributed by atoms with van der Waals surface area (Å²) in [5.74, 6) is 0. The first-order valence-electron chi connectivity index (χ1n) is 2.43. The van der Waals surface area contributed by atoms with Crippen molar-refractivity contribution in [2.75, 3.05) is 14.2 Å². The summed E-state index contributed by atoms with van der Waals surface area (Å²) in [6.07, 6.45) is 0. The highest BCUT2D eigenvalue weighted by molar-refractivity contribution is 6.53. The molecule has 0 heterocycles. The van der Waals surface area contributed by atoms with Crippen molar-refractivity contribution in [3.8, 4) is 0 Å². The van der Waals surface area contributed by atoms with Crippen molar-refractivity contribution in [1.29, 1.82) is 0 Å². The van der Waals surface area contributed by atoms with Gasteiger partial charge in [0.2, 0.25) is 0 Å². The van der Waals surface area contributed by atoms with E-state index < -0.39 is 0 Å². The highest BCUT2D eigenvalue weighted by atomic mass is 16.6. The molecule has 0 rings (SSSR count). The van der Waals surface area contributed by atoms with Crippen LogP contribution in [0.1, 0.15) is 6.92 Å². The van der Waals surface area contributed by atoms with Crippen LogP contribution in [0, 0.1) is 0 Å². The summed E-state index contributed by atoms with van der Waals surface area (Å²) in [5, 5.41) is 0. The summed E-state index contributed by atoms with van der Waals surface area (Å²) in [6.45, 7) is 5.51. The Morgan fingerprint density at radius 1 is 1.38 bits per heavy atom. The van der Waals surface area contributed by atoms with Gasteiger partial charge in [-0.3, -0.25) is 0 Å². The van der Waals surface area contributed by atoms with Gasteiger partial charge in [0.25, 0.3) is 0 Å². The number of hydrogen-bond acceptors (Lipinski definition) is 2. The quantitative estimate of drug-likeness (QED) is 0.507. The third-order valence-corrected chi connectivity index (χ3v) is 0.831. The molecule has 0 atom stereocenters. The van der Waals surface area contributed by atoms with Crippen molar-refractivity contribution < 1.29 is 9.31 Å². The monoisotopic (exact) mass is 114 g/mol. The van der Waals surface area contributed by atoms with Gasteiger partial charge in [0.15, 0.2) is 0 Å². The van der Waals surface area contributed by atoms with Crippen LogP contribution in [0.5, 0.6) is 0 Å². The molecule has 0 saturated heterocycles. The Hall–Kier alpha value is -0.275. The fraction of sp³-hybridized carbons (Fsp3) is 0.600. The van der Waals surface area contributed by atoms with Gasteiger partial charge in [-0.05, 0) is 6.92 Å². The normalized spacial score (nSPS) is 8.88. The third kappa shape index (κ3) is 2.14. The predicted molar refractivity (Wildman–Crippen MR) is 34.6 cm³/mol. The van der Waals surface area contributed by atoms with Crippen molar-refractivity contribution in [2.24, 2.45) is 0 Å². The average molecular weight is 114 g/mol. The van der Waals surface area contributed by atoms with Gasteiger partial charge in [0.05, 0.1) is 0 Å². The second-order valence-corrected chi connectivity index (χ2v) is 1.65. The van der Waals surface area contributed by atoms with Crippen molar-refractivity contribution in [3.05, 3.63) is 12.1 Å². The zero-order valence-electron chi connectivity index (χ0n) is 5.60. The van der Waals surface area contributed by atoms with Crippen molar-refractivity contribution in [3.63, 3.8) is 0 Å². The van der Waals surface area contributed by atoms with Gasteiger partial charge < -0.3 is 9.31 Å². The zero-order valence-corrected chi connectivity index (χ0v) is 5.60. The fourth-order valence-corrected chi connectivity index (χ4v) is 0.499. The largest absolute Gasteiger partial charge is 0.488 e. The summed E-state index contributed by atoms with van der Waals surface area (Å²) in [6, 6.07) is 0. The summed E-state index contributed by atoms with van der Waals surface area (Å²) >= 11 is 0. The molecule has 0 saturated carbocycles. The van der Waals surface area contributed by atoms with Crippen LogP contribution in [0.25, 0.3) is 0 Å². The van der Waals surface area contributed by atoms with Gasteiger partial charge in [0.1, 0.15) is 0 Å². The molecular weight excluding hydrogens is 103 g/mol. The standard InChI is InChI=1S/C5H11BO2/c1-5(2)6(7-3)8-4/h1H2,2-4H3. The Balaban J connectivity index is 3.52. The Morgan fingerprint density at radius 2 is 1.75 bits per heavy atom. The van der Waals surface area contributed by atoms with Gasteiger partial charge in [-0.15, -0.1) is 6.58 Å². The Kier molecular flexibility index (Phi) is 3.57. The highest BCUT2D eigenvalue weighted by Gasteiger charge is 2.13. The van der Waals surface area contributed by atoms with Crippen LogP contribution in [0.4, 0.5) is 0 Å². The average Bonchev–Trinajstić information content (AvgIpc) is 1.69. The second-order valence-electron chi connectivity index (χ2n) is 1.65. The number of hydrogen-bond donors (Lipinski definition) is 0. The lowest BCUT2D eigenvalue weighted by Gasteiger charge is -2.05. The van der Waals surface area contributed by atoms with Crippen LogP contribution >= 0.6 is 0 Å². The molecule has 0 aliphatic carbocycles. The first kappa shape index (κ1) is 7.72. The van der Waals surface area contributed by atoms with E-state index in [0.29, 0.717) is 0 Å². The number of allylic oxidation sites excluding steroid dienone is 1. The smallest absolute Gasteiger partial charge is 0.410 e. The zero-order chi connectivity index (χ0) is 6.57. The van der Waals surface area contributed by atoms with Crippen LogP contribution in [-0.4, -0.2) is 21.3 Å². The summed E-state index contributed by atoms with van der Waals surface area (Å²) < 4.78 is 9.68. The molecule has 0 N–H and O–H groups in total. The molecule has 0 amide bonds. The predicted octanol–water partition coefficient (Wildman–Crippen LogP) is 0.883. The topological polar surface area (TPSA) is 18.5 Å². The number of rotatable bonds is 3. The van der Waals surface area contributed by atoms with Gasteiger partial charge in [0, 0.05) is 14.2 Å². The lowest BCUT2D eigenvalue weighted by Crippen LogP contribution is -2.19. The van der Waals surface area contributed by atoms with Gasteiger partial charge in [-0.25, -0.2) is 0 Å². The van der Waals surface area contributed by atoms with Crippen LogP contribution in [0.3, 0.4) is 0 Å². The van der Waals surface area contributed by atoms with Gasteiger partial charge >= 0.3 is 7.12 Å². The first-order valence-corrected chi connectivity index (χ1v) is 2.43.